The molecule has 0 bridgehead atoms. The largest absolute Gasteiger partial charge is 0.384 e. The highest BCUT2D eigenvalue weighted by Crippen LogP contribution is 2.16. The van der Waals surface area contributed by atoms with E-state index in [-0.39, 0.29) is 17.9 Å². The minimum absolute atomic E-state index is 0.0113. The number of rotatable bonds is 6. The lowest BCUT2D eigenvalue weighted by atomic mass is 10.0. The molecule has 6 nitrogen and oxygen atoms in total. The van der Waals surface area contributed by atoms with Crippen molar-refractivity contribution in [3.63, 3.8) is 0 Å². The van der Waals surface area contributed by atoms with Gasteiger partial charge in [-0.2, -0.15) is 0 Å². The van der Waals surface area contributed by atoms with Gasteiger partial charge in [0.25, 0.3) is 5.91 Å². The molecule has 1 fully saturated rings. The van der Waals surface area contributed by atoms with Crippen molar-refractivity contribution in [1.29, 1.82) is 0 Å². The van der Waals surface area contributed by atoms with Crippen LogP contribution in [0.3, 0.4) is 0 Å². The molecule has 1 aromatic heterocycles. The predicted molar refractivity (Wildman–Crippen MR) is 99.3 cm³/mol. The van der Waals surface area contributed by atoms with Crippen LogP contribution in [0.5, 0.6) is 0 Å². The number of carbonyl (C=O) groups excluding carboxylic acids is 2. The summed E-state index contributed by atoms with van der Waals surface area (Å²) in [7, 11) is 1.59. The first-order valence-corrected chi connectivity index (χ1v) is 8.98. The number of amides is 2. The number of benzene rings is 1. The standard InChI is InChI=1S/C20H25N3O3/c1-26-15-10-19(24)21-17-8-13-23(14-9-17)20(25)16-4-6-18(7-5-16)22-11-2-3-12-22/h2-7,11-12,17H,8-10,13-15H2,1H3,(H,21,24). The van der Waals surface area contributed by atoms with E-state index in [9.17, 15) is 9.59 Å². The van der Waals surface area contributed by atoms with Crippen LogP contribution in [-0.4, -0.2) is 54.1 Å². The molecular weight excluding hydrogens is 330 g/mol. The third-order valence-electron chi connectivity index (χ3n) is 4.70. The van der Waals surface area contributed by atoms with E-state index in [1.54, 1.807) is 7.11 Å². The molecule has 6 heteroatoms. The van der Waals surface area contributed by atoms with E-state index in [2.05, 4.69) is 5.32 Å². The zero-order chi connectivity index (χ0) is 18.4. The summed E-state index contributed by atoms with van der Waals surface area (Å²) >= 11 is 0. The molecule has 1 N–H and O–H groups in total. The van der Waals surface area contributed by atoms with Crippen LogP contribution in [0.25, 0.3) is 5.69 Å². The summed E-state index contributed by atoms with van der Waals surface area (Å²) in [4.78, 5) is 26.3. The van der Waals surface area contributed by atoms with Gasteiger partial charge in [0.2, 0.25) is 5.91 Å². The van der Waals surface area contributed by atoms with Crippen molar-refractivity contribution < 1.29 is 14.3 Å². The fraction of sp³-hybridized carbons (Fsp3) is 0.400. The molecule has 3 rings (SSSR count). The van der Waals surface area contributed by atoms with Gasteiger partial charge >= 0.3 is 0 Å². The molecule has 1 aliphatic heterocycles. The lowest BCUT2D eigenvalue weighted by Gasteiger charge is -2.32. The minimum Gasteiger partial charge on any atom is -0.384 e. The maximum absolute atomic E-state index is 12.7. The van der Waals surface area contributed by atoms with Crippen LogP contribution in [0.15, 0.2) is 48.8 Å². The van der Waals surface area contributed by atoms with Gasteiger partial charge in [-0.15, -0.1) is 0 Å². The number of methoxy groups -OCH3 is 1. The van der Waals surface area contributed by atoms with Crippen LogP contribution in [0.2, 0.25) is 0 Å². The Labute approximate surface area is 153 Å². The number of nitrogens with one attached hydrogen (secondary N) is 1. The van der Waals surface area contributed by atoms with Crippen molar-refractivity contribution >= 4 is 11.8 Å². The van der Waals surface area contributed by atoms with E-state index in [0.717, 1.165) is 18.5 Å². The lowest BCUT2D eigenvalue weighted by Crippen LogP contribution is -2.46. The average Bonchev–Trinajstić information content (AvgIpc) is 3.21. The minimum atomic E-state index is 0.0113. The molecular formula is C20H25N3O3. The van der Waals surface area contributed by atoms with Crippen LogP contribution in [0.4, 0.5) is 0 Å². The highest BCUT2D eigenvalue weighted by molar-refractivity contribution is 5.94. The van der Waals surface area contributed by atoms with Crippen LogP contribution >= 0.6 is 0 Å². The van der Waals surface area contributed by atoms with E-state index in [1.165, 1.54) is 0 Å². The first kappa shape index (κ1) is 18.2. The Morgan fingerprint density at radius 2 is 1.77 bits per heavy atom. The van der Waals surface area contributed by atoms with Gasteiger partial charge in [-0.05, 0) is 49.2 Å². The molecule has 1 aromatic carbocycles. The number of nitrogens with zero attached hydrogens (tertiary/aromatic N) is 2. The molecule has 2 amide bonds. The second kappa shape index (κ2) is 8.67. The van der Waals surface area contributed by atoms with Crippen molar-refractivity contribution in [3.05, 3.63) is 54.4 Å². The van der Waals surface area contributed by atoms with Gasteiger partial charge < -0.3 is 19.5 Å². The topological polar surface area (TPSA) is 63.6 Å². The first-order valence-electron chi connectivity index (χ1n) is 8.98. The Balaban J connectivity index is 1.51. The average molecular weight is 355 g/mol. The molecule has 2 heterocycles. The number of piperidine rings is 1. The Kier molecular flexibility index (Phi) is 6.07. The first-order chi connectivity index (χ1) is 12.7. The van der Waals surface area contributed by atoms with Crippen molar-refractivity contribution in [1.82, 2.24) is 14.8 Å². The summed E-state index contributed by atoms with van der Waals surface area (Å²) in [6, 6.07) is 11.7. The summed E-state index contributed by atoms with van der Waals surface area (Å²) < 4.78 is 6.92. The second-order valence-corrected chi connectivity index (χ2v) is 6.51. The summed E-state index contributed by atoms with van der Waals surface area (Å²) in [6.45, 7) is 1.75. The normalized spacial score (nSPS) is 15.0. The maximum atomic E-state index is 12.7. The van der Waals surface area contributed by atoms with Crippen molar-refractivity contribution in [2.24, 2.45) is 0 Å². The van der Waals surface area contributed by atoms with E-state index in [0.29, 0.717) is 31.7 Å². The number of aromatic nitrogens is 1. The van der Waals surface area contributed by atoms with Crippen LogP contribution in [0, 0.1) is 0 Å². The SMILES string of the molecule is COCCC(=O)NC1CCN(C(=O)c2ccc(-n3cccc3)cc2)CC1. The molecule has 0 saturated carbocycles. The number of likely N-dealkylation sites (tertiary alicyclic amines) is 1. The number of hydrogen-bond donors (Lipinski definition) is 1. The lowest BCUT2D eigenvalue weighted by molar-refractivity contribution is -0.122. The molecule has 1 saturated heterocycles. The molecule has 26 heavy (non-hydrogen) atoms. The highest BCUT2D eigenvalue weighted by Gasteiger charge is 2.24. The quantitative estimate of drug-likeness (QED) is 0.864. The van der Waals surface area contributed by atoms with Crippen LogP contribution in [-0.2, 0) is 9.53 Å². The van der Waals surface area contributed by atoms with Gasteiger partial charge in [0, 0.05) is 56.3 Å². The maximum Gasteiger partial charge on any atom is 0.253 e. The Bertz CT molecular complexity index is 717. The fourth-order valence-corrected chi connectivity index (χ4v) is 3.19. The molecule has 0 unspecified atom stereocenters. The molecule has 0 radical (unpaired) electrons. The molecule has 0 atom stereocenters. The fourth-order valence-electron chi connectivity index (χ4n) is 3.19. The zero-order valence-corrected chi connectivity index (χ0v) is 15.1. The molecule has 138 valence electrons. The monoisotopic (exact) mass is 355 g/mol. The van der Waals surface area contributed by atoms with Gasteiger partial charge in [0.15, 0.2) is 0 Å². The van der Waals surface area contributed by atoms with E-state index in [1.807, 2.05) is 58.3 Å². The predicted octanol–water partition coefficient (Wildman–Crippen LogP) is 2.23. The molecule has 0 aliphatic carbocycles. The third-order valence-corrected chi connectivity index (χ3v) is 4.70. The van der Waals surface area contributed by atoms with E-state index < -0.39 is 0 Å². The smallest absolute Gasteiger partial charge is 0.253 e. The van der Waals surface area contributed by atoms with Crippen LogP contribution in [0.1, 0.15) is 29.6 Å². The second-order valence-electron chi connectivity index (χ2n) is 6.51. The molecule has 0 spiro atoms. The van der Waals surface area contributed by atoms with E-state index in [4.69, 9.17) is 4.74 Å². The number of carbonyl (C=O) groups is 2. The number of ether oxygens (including phenoxy) is 1. The van der Waals surface area contributed by atoms with Gasteiger partial charge in [-0.3, -0.25) is 9.59 Å². The van der Waals surface area contributed by atoms with Gasteiger partial charge in [0.05, 0.1) is 6.61 Å². The Morgan fingerprint density at radius 3 is 2.38 bits per heavy atom. The molecule has 2 aromatic rings. The Morgan fingerprint density at radius 1 is 1.12 bits per heavy atom. The van der Waals surface area contributed by atoms with Crippen molar-refractivity contribution in [2.45, 2.75) is 25.3 Å². The van der Waals surface area contributed by atoms with E-state index >= 15 is 0 Å². The Hall–Kier alpha value is -2.60. The number of hydrogen-bond acceptors (Lipinski definition) is 3. The zero-order valence-electron chi connectivity index (χ0n) is 15.1. The summed E-state index contributed by atoms with van der Waals surface area (Å²) in [6.07, 6.45) is 5.90. The molecule has 1 aliphatic rings. The van der Waals surface area contributed by atoms with Crippen LogP contribution < -0.4 is 5.32 Å². The summed E-state index contributed by atoms with van der Waals surface area (Å²) in [5.74, 6) is 0.0606. The van der Waals surface area contributed by atoms with Gasteiger partial charge in [-0.1, -0.05) is 0 Å². The summed E-state index contributed by atoms with van der Waals surface area (Å²) in [5.41, 5.74) is 1.73. The van der Waals surface area contributed by atoms with Gasteiger partial charge in [-0.25, -0.2) is 0 Å². The van der Waals surface area contributed by atoms with Crippen molar-refractivity contribution in [3.8, 4) is 5.69 Å². The highest BCUT2D eigenvalue weighted by atomic mass is 16.5. The van der Waals surface area contributed by atoms with Gasteiger partial charge in [0.1, 0.15) is 0 Å². The third kappa shape index (κ3) is 4.52. The van der Waals surface area contributed by atoms with Crippen molar-refractivity contribution in [2.75, 3.05) is 26.8 Å². The summed E-state index contributed by atoms with van der Waals surface area (Å²) in [5, 5.41) is 3.02.